The minimum Gasteiger partial charge on any atom is -0.484 e. The lowest BCUT2D eigenvalue weighted by Gasteiger charge is -2.24. The van der Waals surface area contributed by atoms with Crippen LogP contribution in [0.2, 0.25) is 0 Å². The molecule has 1 aromatic carbocycles. The molecule has 0 saturated heterocycles. The lowest BCUT2D eigenvalue weighted by atomic mass is 10.2. The van der Waals surface area contributed by atoms with Gasteiger partial charge >= 0.3 is 0 Å². The summed E-state index contributed by atoms with van der Waals surface area (Å²) >= 11 is 1.71. The predicted molar refractivity (Wildman–Crippen MR) is 86.6 cm³/mol. The molecule has 1 atom stereocenters. The summed E-state index contributed by atoms with van der Waals surface area (Å²) < 4.78 is 5.49. The zero-order chi connectivity index (χ0) is 15.4. The van der Waals surface area contributed by atoms with Crippen molar-refractivity contribution < 1.29 is 9.53 Å². The summed E-state index contributed by atoms with van der Waals surface area (Å²) in [7, 11) is 1.80. The van der Waals surface area contributed by atoms with Crippen molar-refractivity contribution >= 4 is 22.9 Å². The summed E-state index contributed by atoms with van der Waals surface area (Å²) in [5, 5.41) is 0. The van der Waals surface area contributed by atoms with Gasteiger partial charge in [0.15, 0.2) is 6.61 Å². The van der Waals surface area contributed by atoms with Crippen LogP contribution in [0.4, 0.5) is 5.69 Å². The van der Waals surface area contributed by atoms with E-state index in [1.54, 1.807) is 47.5 Å². The normalized spacial score (nSPS) is 12.0. The Morgan fingerprint density at radius 2 is 1.95 bits per heavy atom. The first kappa shape index (κ1) is 15.4. The average molecular weight is 304 g/mol. The Morgan fingerprint density at radius 1 is 1.29 bits per heavy atom. The van der Waals surface area contributed by atoms with E-state index in [-0.39, 0.29) is 18.6 Å². The topological polar surface area (TPSA) is 55.6 Å². The summed E-state index contributed by atoms with van der Waals surface area (Å²) in [4.78, 5) is 16.3. The van der Waals surface area contributed by atoms with Crippen LogP contribution >= 0.6 is 11.3 Å². The maximum atomic E-state index is 12.2. The molecular formula is C16H20N2O2S. The number of ether oxygens (including phenoxy) is 1. The van der Waals surface area contributed by atoms with Crippen molar-refractivity contribution in [2.24, 2.45) is 0 Å². The monoisotopic (exact) mass is 304 g/mol. The molecule has 1 heterocycles. The van der Waals surface area contributed by atoms with E-state index < -0.39 is 0 Å². The zero-order valence-corrected chi connectivity index (χ0v) is 13.3. The van der Waals surface area contributed by atoms with E-state index in [2.05, 4.69) is 19.1 Å². The molecule has 0 aliphatic rings. The van der Waals surface area contributed by atoms with Crippen LogP contribution in [0.5, 0.6) is 5.75 Å². The molecule has 5 heteroatoms. The van der Waals surface area contributed by atoms with Crippen molar-refractivity contribution in [3.05, 3.63) is 46.2 Å². The summed E-state index contributed by atoms with van der Waals surface area (Å²) in [6.07, 6.45) is 0. The van der Waals surface area contributed by atoms with Gasteiger partial charge in [-0.1, -0.05) is 0 Å². The van der Waals surface area contributed by atoms with E-state index in [1.807, 2.05) is 6.92 Å². The Morgan fingerprint density at radius 3 is 2.52 bits per heavy atom. The molecule has 0 aliphatic carbocycles. The molecule has 2 N–H and O–H groups in total. The van der Waals surface area contributed by atoms with Crippen LogP contribution in [-0.4, -0.2) is 24.5 Å². The molecule has 1 amide bonds. The van der Waals surface area contributed by atoms with E-state index in [0.717, 1.165) is 0 Å². The Kier molecular flexibility index (Phi) is 4.85. The van der Waals surface area contributed by atoms with Crippen LogP contribution in [0.25, 0.3) is 0 Å². The molecule has 0 bridgehead atoms. The van der Waals surface area contributed by atoms with Gasteiger partial charge in [0, 0.05) is 22.5 Å². The highest BCUT2D eigenvalue weighted by molar-refractivity contribution is 7.12. The molecule has 2 aromatic rings. The number of nitrogens with two attached hydrogens (primary N) is 1. The van der Waals surface area contributed by atoms with Crippen LogP contribution in [0.15, 0.2) is 36.4 Å². The molecule has 0 spiro atoms. The van der Waals surface area contributed by atoms with Crippen molar-refractivity contribution in [3.63, 3.8) is 0 Å². The lowest BCUT2D eigenvalue weighted by molar-refractivity contribution is -0.133. The first-order chi connectivity index (χ1) is 9.97. The largest absolute Gasteiger partial charge is 0.484 e. The predicted octanol–water partition coefficient (Wildman–Crippen LogP) is 3.24. The van der Waals surface area contributed by atoms with Gasteiger partial charge in [0.2, 0.25) is 0 Å². The SMILES string of the molecule is Cc1ccc(C(C)N(C)C(=O)COc2ccc(N)cc2)s1. The molecule has 1 unspecified atom stereocenters. The summed E-state index contributed by atoms with van der Waals surface area (Å²) in [6, 6.07) is 11.2. The summed E-state index contributed by atoms with van der Waals surface area (Å²) in [5.74, 6) is 0.593. The number of nitrogen functional groups attached to an aromatic ring is 1. The number of amides is 1. The van der Waals surface area contributed by atoms with Gasteiger partial charge in [-0.05, 0) is 50.2 Å². The number of thiophene rings is 1. The lowest BCUT2D eigenvalue weighted by Crippen LogP contribution is -2.33. The highest BCUT2D eigenvalue weighted by Crippen LogP contribution is 2.26. The van der Waals surface area contributed by atoms with E-state index in [4.69, 9.17) is 10.5 Å². The van der Waals surface area contributed by atoms with Gasteiger partial charge in [-0.25, -0.2) is 0 Å². The van der Waals surface area contributed by atoms with Gasteiger partial charge < -0.3 is 15.4 Å². The third-order valence-electron chi connectivity index (χ3n) is 3.39. The van der Waals surface area contributed by atoms with Crippen molar-refractivity contribution in [3.8, 4) is 5.75 Å². The van der Waals surface area contributed by atoms with Gasteiger partial charge in [-0.3, -0.25) is 4.79 Å². The number of aryl methyl sites for hydroxylation is 1. The summed E-state index contributed by atoms with van der Waals surface area (Å²) in [5.41, 5.74) is 6.28. The third-order valence-corrected chi connectivity index (χ3v) is 4.56. The highest BCUT2D eigenvalue weighted by atomic mass is 32.1. The fraction of sp³-hybridized carbons (Fsp3) is 0.312. The maximum Gasteiger partial charge on any atom is 0.260 e. The second-order valence-electron chi connectivity index (χ2n) is 4.99. The van der Waals surface area contributed by atoms with Gasteiger partial charge in [0.25, 0.3) is 5.91 Å². The minimum absolute atomic E-state index is 0.0229. The molecule has 4 nitrogen and oxygen atoms in total. The standard InChI is InChI=1S/C16H20N2O2S/c1-11-4-9-15(21-11)12(2)18(3)16(19)10-20-14-7-5-13(17)6-8-14/h4-9,12H,10,17H2,1-3H3. The van der Waals surface area contributed by atoms with E-state index >= 15 is 0 Å². The van der Waals surface area contributed by atoms with E-state index in [1.165, 1.54) is 9.75 Å². The van der Waals surface area contributed by atoms with E-state index in [9.17, 15) is 4.79 Å². The molecular weight excluding hydrogens is 284 g/mol. The number of hydrogen-bond donors (Lipinski definition) is 1. The molecule has 21 heavy (non-hydrogen) atoms. The summed E-state index contributed by atoms with van der Waals surface area (Å²) in [6.45, 7) is 4.11. The first-order valence-corrected chi connectivity index (χ1v) is 7.59. The van der Waals surface area contributed by atoms with Gasteiger partial charge in [0.05, 0.1) is 6.04 Å². The van der Waals surface area contributed by atoms with Gasteiger partial charge in [0.1, 0.15) is 5.75 Å². The highest BCUT2D eigenvalue weighted by Gasteiger charge is 2.19. The molecule has 0 fully saturated rings. The second kappa shape index (κ2) is 6.63. The number of hydrogen-bond acceptors (Lipinski definition) is 4. The smallest absolute Gasteiger partial charge is 0.260 e. The number of carbonyl (C=O) groups is 1. The quantitative estimate of drug-likeness (QED) is 0.863. The van der Waals surface area contributed by atoms with Crippen LogP contribution < -0.4 is 10.5 Å². The molecule has 0 radical (unpaired) electrons. The zero-order valence-electron chi connectivity index (χ0n) is 12.5. The van der Waals surface area contributed by atoms with Gasteiger partial charge in [-0.15, -0.1) is 11.3 Å². The molecule has 112 valence electrons. The number of likely N-dealkylation sites (N-methyl/N-ethyl adjacent to an activating group) is 1. The Balaban J connectivity index is 1.91. The van der Waals surface area contributed by atoms with Crippen molar-refractivity contribution in [1.82, 2.24) is 4.90 Å². The van der Waals surface area contributed by atoms with Crippen molar-refractivity contribution in [1.29, 1.82) is 0 Å². The second-order valence-corrected chi connectivity index (χ2v) is 6.31. The maximum absolute atomic E-state index is 12.2. The Hall–Kier alpha value is -2.01. The Labute approximate surface area is 129 Å². The number of rotatable bonds is 5. The van der Waals surface area contributed by atoms with Crippen LogP contribution in [0, 0.1) is 6.92 Å². The number of nitrogens with zero attached hydrogens (tertiary/aromatic N) is 1. The third kappa shape index (κ3) is 3.98. The molecule has 0 aliphatic heterocycles. The fourth-order valence-electron chi connectivity index (χ4n) is 1.90. The molecule has 0 saturated carbocycles. The average Bonchev–Trinajstić information content (AvgIpc) is 2.91. The number of carbonyl (C=O) groups excluding carboxylic acids is 1. The van der Waals surface area contributed by atoms with Crippen molar-refractivity contribution in [2.75, 3.05) is 19.4 Å². The van der Waals surface area contributed by atoms with Crippen LogP contribution in [-0.2, 0) is 4.79 Å². The minimum atomic E-state index is -0.0506. The Bertz CT molecular complexity index is 607. The fourth-order valence-corrected chi connectivity index (χ4v) is 2.87. The van der Waals surface area contributed by atoms with Crippen LogP contribution in [0.1, 0.15) is 22.7 Å². The molecule has 2 rings (SSSR count). The first-order valence-electron chi connectivity index (χ1n) is 6.77. The molecule has 1 aromatic heterocycles. The number of benzene rings is 1. The van der Waals surface area contributed by atoms with E-state index in [0.29, 0.717) is 11.4 Å². The number of anilines is 1. The van der Waals surface area contributed by atoms with Gasteiger partial charge in [-0.2, -0.15) is 0 Å². The van der Waals surface area contributed by atoms with Crippen molar-refractivity contribution in [2.45, 2.75) is 19.9 Å². The van der Waals surface area contributed by atoms with Crippen LogP contribution in [0.3, 0.4) is 0 Å².